The molecule has 0 radical (unpaired) electrons. The van der Waals surface area contributed by atoms with Gasteiger partial charge in [-0.15, -0.1) is 0 Å². The fourth-order valence-electron chi connectivity index (χ4n) is 3.85. The van der Waals surface area contributed by atoms with Gasteiger partial charge in [0.2, 0.25) is 0 Å². The van der Waals surface area contributed by atoms with Crippen molar-refractivity contribution in [2.45, 2.75) is 25.3 Å². The molecule has 0 spiro atoms. The predicted molar refractivity (Wildman–Crippen MR) is 79.9 cm³/mol. The molecule has 2 atom stereocenters. The highest BCUT2D eigenvalue weighted by atomic mass is 16.3. The number of aromatic nitrogens is 1. The van der Waals surface area contributed by atoms with Crippen molar-refractivity contribution >= 4 is 5.91 Å². The van der Waals surface area contributed by atoms with E-state index in [0.29, 0.717) is 18.8 Å². The SMILES string of the molecule is CN1CCC[C@]2(CO)CCN(C(=O)c3ccccn3)C[C@@H]12. The Balaban J connectivity index is 1.78. The van der Waals surface area contributed by atoms with Gasteiger partial charge in [0, 0.05) is 30.7 Å². The fraction of sp³-hybridized carbons (Fsp3) is 0.625. The van der Waals surface area contributed by atoms with Crippen LogP contribution in [-0.2, 0) is 0 Å². The maximum atomic E-state index is 12.6. The molecule has 1 amide bonds. The third-order valence-electron chi connectivity index (χ3n) is 5.18. The van der Waals surface area contributed by atoms with Gasteiger partial charge in [0.05, 0.1) is 6.61 Å². The number of hydrogen-bond donors (Lipinski definition) is 1. The zero-order chi connectivity index (χ0) is 14.9. The van der Waals surface area contributed by atoms with Crippen molar-refractivity contribution in [3.8, 4) is 0 Å². The van der Waals surface area contributed by atoms with Crippen LogP contribution in [0.5, 0.6) is 0 Å². The maximum absolute atomic E-state index is 12.6. The van der Waals surface area contributed by atoms with Crippen molar-refractivity contribution in [1.29, 1.82) is 0 Å². The van der Waals surface area contributed by atoms with Crippen molar-refractivity contribution in [2.24, 2.45) is 5.41 Å². The van der Waals surface area contributed by atoms with Crippen LogP contribution in [-0.4, -0.2) is 65.1 Å². The predicted octanol–water partition coefficient (Wildman–Crippen LogP) is 1.00. The molecule has 5 heteroatoms. The number of fused-ring (bicyclic) bond motifs is 1. The van der Waals surface area contributed by atoms with Crippen LogP contribution in [0.15, 0.2) is 24.4 Å². The minimum absolute atomic E-state index is 0.00103. The summed E-state index contributed by atoms with van der Waals surface area (Å²) in [6.45, 7) is 2.65. The van der Waals surface area contributed by atoms with Gasteiger partial charge < -0.3 is 14.9 Å². The molecule has 2 aliphatic rings. The number of piperidine rings is 2. The van der Waals surface area contributed by atoms with Crippen LogP contribution in [0.1, 0.15) is 29.8 Å². The minimum atomic E-state index is -0.0338. The molecule has 0 unspecified atom stereocenters. The first kappa shape index (κ1) is 14.5. The first-order valence-electron chi connectivity index (χ1n) is 7.68. The third kappa shape index (κ3) is 2.56. The molecular formula is C16H23N3O2. The molecule has 3 heterocycles. The number of rotatable bonds is 2. The maximum Gasteiger partial charge on any atom is 0.272 e. The summed E-state index contributed by atoms with van der Waals surface area (Å²) in [4.78, 5) is 20.9. The number of likely N-dealkylation sites (tertiary alicyclic amines) is 2. The van der Waals surface area contributed by atoms with Gasteiger partial charge in [-0.2, -0.15) is 0 Å². The van der Waals surface area contributed by atoms with Crippen LogP contribution in [0.3, 0.4) is 0 Å². The molecule has 0 bridgehead atoms. The second-order valence-corrected chi connectivity index (χ2v) is 6.34. The molecule has 2 aliphatic heterocycles. The average molecular weight is 289 g/mol. The van der Waals surface area contributed by atoms with E-state index < -0.39 is 0 Å². The van der Waals surface area contributed by atoms with Crippen LogP contribution in [0, 0.1) is 5.41 Å². The lowest BCUT2D eigenvalue weighted by atomic mass is 9.69. The number of aliphatic hydroxyl groups excluding tert-OH is 1. The van der Waals surface area contributed by atoms with E-state index in [1.165, 1.54) is 0 Å². The third-order valence-corrected chi connectivity index (χ3v) is 5.18. The van der Waals surface area contributed by atoms with E-state index in [1.54, 1.807) is 12.3 Å². The van der Waals surface area contributed by atoms with Gasteiger partial charge in [-0.25, -0.2) is 0 Å². The number of aliphatic hydroxyl groups is 1. The summed E-state index contributed by atoms with van der Waals surface area (Å²) in [5, 5.41) is 9.89. The molecule has 1 aromatic rings. The summed E-state index contributed by atoms with van der Waals surface area (Å²) < 4.78 is 0. The quantitative estimate of drug-likeness (QED) is 0.882. The monoisotopic (exact) mass is 289 g/mol. The summed E-state index contributed by atoms with van der Waals surface area (Å²) in [5.41, 5.74) is 0.473. The molecule has 3 rings (SSSR count). The molecular weight excluding hydrogens is 266 g/mol. The van der Waals surface area contributed by atoms with E-state index in [2.05, 4.69) is 16.9 Å². The number of hydrogen-bond acceptors (Lipinski definition) is 4. The van der Waals surface area contributed by atoms with Gasteiger partial charge in [-0.3, -0.25) is 9.78 Å². The molecule has 5 nitrogen and oxygen atoms in total. The Kier molecular flexibility index (Phi) is 3.95. The molecule has 1 N–H and O–H groups in total. The highest BCUT2D eigenvalue weighted by Gasteiger charge is 2.47. The van der Waals surface area contributed by atoms with Crippen molar-refractivity contribution in [3.05, 3.63) is 30.1 Å². The topological polar surface area (TPSA) is 56.7 Å². The Bertz CT molecular complexity index is 508. The molecule has 0 saturated carbocycles. The smallest absolute Gasteiger partial charge is 0.272 e. The fourth-order valence-corrected chi connectivity index (χ4v) is 3.85. The van der Waals surface area contributed by atoms with Gasteiger partial charge in [0.25, 0.3) is 5.91 Å². The Morgan fingerprint density at radius 3 is 3.00 bits per heavy atom. The molecule has 2 saturated heterocycles. The number of nitrogens with zero attached hydrogens (tertiary/aromatic N) is 3. The molecule has 114 valence electrons. The van der Waals surface area contributed by atoms with Gasteiger partial charge in [0.15, 0.2) is 0 Å². The second kappa shape index (κ2) is 5.73. The molecule has 21 heavy (non-hydrogen) atoms. The molecule has 0 aromatic carbocycles. The highest BCUT2D eigenvalue weighted by Crippen LogP contribution is 2.41. The second-order valence-electron chi connectivity index (χ2n) is 6.34. The average Bonchev–Trinajstić information content (AvgIpc) is 2.55. The Hall–Kier alpha value is -1.46. The Labute approximate surface area is 125 Å². The van der Waals surface area contributed by atoms with Crippen LogP contribution < -0.4 is 0 Å². The number of carbonyl (C=O) groups excluding carboxylic acids is 1. The summed E-state index contributed by atoms with van der Waals surface area (Å²) in [5.74, 6) is 0.00103. The van der Waals surface area contributed by atoms with Crippen molar-refractivity contribution < 1.29 is 9.90 Å². The Morgan fingerprint density at radius 1 is 1.43 bits per heavy atom. The zero-order valence-corrected chi connectivity index (χ0v) is 12.5. The van der Waals surface area contributed by atoms with E-state index in [1.807, 2.05) is 17.0 Å². The first-order chi connectivity index (χ1) is 10.2. The van der Waals surface area contributed by atoms with Crippen LogP contribution >= 0.6 is 0 Å². The standard InChI is InChI=1S/C16H23N3O2/c1-18-9-4-6-16(12-20)7-10-19(11-14(16)18)15(21)13-5-2-3-8-17-13/h2-3,5,8,14,20H,4,6-7,9-12H2,1H3/t14-,16-/m1/s1. The van der Waals surface area contributed by atoms with Gasteiger partial charge in [0.1, 0.15) is 5.69 Å². The van der Waals surface area contributed by atoms with E-state index in [9.17, 15) is 9.90 Å². The van der Waals surface area contributed by atoms with Crippen molar-refractivity contribution in [3.63, 3.8) is 0 Å². The van der Waals surface area contributed by atoms with Gasteiger partial charge >= 0.3 is 0 Å². The lowest BCUT2D eigenvalue weighted by molar-refractivity contribution is -0.0602. The summed E-state index contributed by atoms with van der Waals surface area (Å²) >= 11 is 0. The largest absolute Gasteiger partial charge is 0.396 e. The van der Waals surface area contributed by atoms with Crippen molar-refractivity contribution in [2.75, 3.05) is 33.3 Å². The minimum Gasteiger partial charge on any atom is -0.396 e. The summed E-state index contributed by atoms with van der Waals surface area (Å²) in [7, 11) is 2.10. The normalized spacial score (nSPS) is 30.0. The van der Waals surface area contributed by atoms with Crippen molar-refractivity contribution in [1.82, 2.24) is 14.8 Å². The van der Waals surface area contributed by atoms with Crippen LogP contribution in [0.2, 0.25) is 0 Å². The van der Waals surface area contributed by atoms with E-state index in [0.717, 1.165) is 25.8 Å². The van der Waals surface area contributed by atoms with E-state index in [-0.39, 0.29) is 24.0 Å². The Morgan fingerprint density at radius 2 is 2.29 bits per heavy atom. The first-order valence-corrected chi connectivity index (χ1v) is 7.68. The molecule has 1 aromatic heterocycles. The number of pyridine rings is 1. The number of amides is 1. The van der Waals surface area contributed by atoms with E-state index >= 15 is 0 Å². The van der Waals surface area contributed by atoms with Gasteiger partial charge in [-0.1, -0.05) is 6.07 Å². The number of carbonyl (C=O) groups is 1. The number of likely N-dealkylation sites (N-methyl/N-ethyl adjacent to an activating group) is 1. The zero-order valence-electron chi connectivity index (χ0n) is 12.5. The lowest BCUT2D eigenvalue weighted by Crippen LogP contribution is -2.62. The molecule has 0 aliphatic carbocycles. The molecule has 2 fully saturated rings. The highest BCUT2D eigenvalue weighted by molar-refractivity contribution is 5.92. The summed E-state index contributed by atoms with van der Waals surface area (Å²) in [6.07, 6.45) is 4.71. The van der Waals surface area contributed by atoms with Gasteiger partial charge in [-0.05, 0) is 45.0 Å². The van der Waals surface area contributed by atoms with Crippen LogP contribution in [0.4, 0.5) is 0 Å². The summed E-state index contributed by atoms with van der Waals surface area (Å²) in [6, 6.07) is 5.67. The lowest BCUT2D eigenvalue weighted by Gasteiger charge is -2.53. The van der Waals surface area contributed by atoms with E-state index in [4.69, 9.17) is 0 Å². The van der Waals surface area contributed by atoms with Crippen LogP contribution in [0.25, 0.3) is 0 Å².